The van der Waals surface area contributed by atoms with Gasteiger partial charge in [0.15, 0.2) is 0 Å². The van der Waals surface area contributed by atoms with Crippen LogP contribution in [0.5, 0.6) is 0 Å². The third-order valence-corrected chi connectivity index (χ3v) is 32.4. The second-order valence-electron chi connectivity index (χ2n) is 21.4. The van der Waals surface area contributed by atoms with Crippen molar-refractivity contribution in [3.05, 3.63) is 373 Å². The molecule has 18 heteroatoms. The summed E-state index contributed by atoms with van der Waals surface area (Å²) in [7, 11) is 3.02. The maximum absolute atomic E-state index is 8.64. The molecule has 0 heterocycles. The zero-order valence-corrected chi connectivity index (χ0v) is 70.7. The van der Waals surface area contributed by atoms with E-state index in [-0.39, 0.29) is 108 Å². The van der Waals surface area contributed by atoms with Gasteiger partial charge in [0.1, 0.15) is 0 Å². The van der Waals surface area contributed by atoms with Crippen molar-refractivity contribution in [1.82, 2.24) is 0 Å². The fraction of sp³-hybridized carbons (Fsp3) is 0.0833. The second-order valence-corrected chi connectivity index (χ2v) is 35.8. The van der Waals surface area contributed by atoms with Crippen molar-refractivity contribution >= 4 is 128 Å². The van der Waals surface area contributed by atoms with Gasteiger partial charge in [-0.05, 0) is 157 Å². The van der Waals surface area contributed by atoms with Crippen molar-refractivity contribution in [3.8, 4) is 23.7 Å². The Morgan fingerprint density at radius 1 is 0.412 bits per heavy atom. The molecule has 4 atom stereocenters. The molecule has 0 bridgehead atoms. The normalized spacial score (nSPS) is 10.7. The van der Waals surface area contributed by atoms with Gasteiger partial charge in [0.25, 0.3) is 6.47 Å². The largest absolute Gasteiger partial charge is 1.00 e. The first-order valence-corrected chi connectivity index (χ1v) is 39.8. The maximum atomic E-state index is 8.64. The molecule has 0 aliphatic rings. The third kappa shape index (κ3) is 39.0. The Balaban J connectivity index is 0.000000677. The summed E-state index contributed by atoms with van der Waals surface area (Å²) in [4.78, 5) is 11.2. The molecule has 0 saturated heterocycles. The van der Waals surface area contributed by atoms with Gasteiger partial charge >= 0.3 is 66.2 Å². The van der Waals surface area contributed by atoms with Gasteiger partial charge in [0, 0.05) is 65.8 Å². The molecule has 0 fully saturated rings. The van der Waals surface area contributed by atoms with Crippen LogP contribution in [0.2, 0.25) is 0 Å². The number of methoxy groups -OCH3 is 2. The topological polar surface area (TPSA) is 140 Å². The van der Waals surface area contributed by atoms with Crippen molar-refractivity contribution in [3.63, 3.8) is 0 Å². The van der Waals surface area contributed by atoms with E-state index in [2.05, 4.69) is 326 Å². The first kappa shape index (κ1) is 92.5. The van der Waals surface area contributed by atoms with Crippen LogP contribution in [0.3, 0.4) is 0 Å². The predicted molar refractivity (Wildman–Crippen MR) is 434 cm³/mol. The van der Waals surface area contributed by atoms with E-state index in [1.807, 2.05) is 79.7 Å². The first-order chi connectivity index (χ1) is 47.8. The molecule has 0 spiro atoms. The van der Waals surface area contributed by atoms with E-state index in [9.17, 15) is 0 Å². The van der Waals surface area contributed by atoms with Crippen LogP contribution in [0.1, 0.15) is 68.2 Å². The second kappa shape index (κ2) is 55.8. The summed E-state index contributed by atoms with van der Waals surface area (Å²) in [5.41, 5.74) is 13.5. The average molecular weight is 1670 g/mol. The average Bonchev–Trinajstić information content (AvgIpc) is 0.817. The Kier molecular flexibility index (Phi) is 50.6. The summed E-state index contributed by atoms with van der Waals surface area (Å²) in [6.45, 7) is 7.41. The number of ether oxygens (including phenoxy) is 2. The van der Waals surface area contributed by atoms with Gasteiger partial charge < -0.3 is 36.6 Å². The Bertz CT molecular complexity index is 4020. The maximum Gasteiger partial charge on any atom is 1.00 e. The van der Waals surface area contributed by atoms with E-state index in [0.29, 0.717) is 13.2 Å². The van der Waals surface area contributed by atoms with Crippen molar-refractivity contribution < 1.29 is 121 Å². The van der Waals surface area contributed by atoms with Gasteiger partial charge in [-0.2, -0.15) is 0 Å². The molecule has 0 saturated carbocycles. The number of aryl methyl sites for hydroxylation is 3. The van der Waals surface area contributed by atoms with E-state index < -0.39 is 7.12 Å². The molecule has 0 aromatic heterocycles. The Hall–Kier alpha value is -5.60. The van der Waals surface area contributed by atoms with E-state index >= 15 is 0 Å². The molecule has 102 heavy (non-hydrogen) atoms. The van der Waals surface area contributed by atoms with Gasteiger partial charge in [-0.25, -0.2) is 0 Å². The quantitative estimate of drug-likeness (QED) is 0.0135. The number of hydrogen-bond acceptors (Lipinski definition) is 7. The van der Waals surface area contributed by atoms with Crippen LogP contribution in [0.4, 0.5) is 0 Å². The van der Waals surface area contributed by atoms with Gasteiger partial charge in [0.2, 0.25) is 0 Å². The monoisotopic (exact) mass is 1660 g/mol. The van der Waals surface area contributed by atoms with Crippen molar-refractivity contribution in [2.24, 2.45) is 0 Å². The van der Waals surface area contributed by atoms with Gasteiger partial charge in [-0.3, -0.25) is 4.79 Å². The zero-order valence-electron chi connectivity index (χ0n) is 59.1. The van der Waals surface area contributed by atoms with Gasteiger partial charge in [0.05, 0.1) is 13.2 Å². The first-order valence-electron chi connectivity index (χ1n) is 31.2. The molecular formula is C84H81BBr2Na2O8P4Pd. The number of carbonyl (C=O) groups excluding carboxylic acids is 1. The smallest absolute Gasteiger partial charge is 1.00 e. The van der Waals surface area contributed by atoms with E-state index in [4.69, 9.17) is 20.1 Å². The van der Waals surface area contributed by atoms with Crippen molar-refractivity contribution in [2.45, 2.75) is 20.8 Å². The third-order valence-electron chi connectivity index (χ3n) is 13.6. The summed E-state index contributed by atoms with van der Waals surface area (Å²) in [5, 5.41) is 31.5. The molecule has 514 valence electrons. The molecule has 0 amide bonds. The molecule has 4 unspecified atom stereocenters. The fourth-order valence-corrected chi connectivity index (χ4v) is 27.4. The molecular weight excluding hydrogens is 1580 g/mol. The van der Waals surface area contributed by atoms with Crippen LogP contribution in [-0.2, 0) is 39.6 Å². The summed E-state index contributed by atoms with van der Waals surface area (Å²) in [6.07, 6.45) is 10.2. The summed E-state index contributed by atoms with van der Waals surface area (Å²) in [6, 6.07) is 102. The van der Waals surface area contributed by atoms with Crippen molar-refractivity contribution in [1.29, 1.82) is 0 Å². The van der Waals surface area contributed by atoms with Crippen LogP contribution >= 0.6 is 63.0 Å². The Labute approximate surface area is 686 Å². The number of hydrogen-bond donors (Lipinski definition) is 2. The number of benzene rings is 11. The number of carbonyl (C=O) groups is 1. The number of rotatable bonds is 17. The van der Waals surface area contributed by atoms with Gasteiger partial charge in [-0.1, -0.05) is 344 Å². The van der Waals surface area contributed by atoms with Crippen LogP contribution < -0.4 is 85.6 Å². The van der Waals surface area contributed by atoms with E-state index in [1.165, 1.54) is 66.1 Å². The SMILES string of the molecule is Brc1ccc(C#Cc2ccc(Br)cc2)cc1.COCCOC.Cc1ccc(/C=C/B(O)O)cc1.Cc1ccc(/C=C/c2ccc(C#Cc3ccc(/C=C/c4ccc(C)cc4)cc3)cc2)cc1.O.O=CO[O-].[H-].[Na+].[Na+].[Pd].c1ccc(PP(c2ccccc2)P(Pc2ccccc2)c2ccccc2)cc1. The van der Waals surface area contributed by atoms with Crippen LogP contribution in [0.25, 0.3) is 30.4 Å². The van der Waals surface area contributed by atoms with Crippen LogP contribution in [-0.4, -0.2) is 56.5 Å². The molecule has 11 aromatic carbocycles. The minimum absolute atomic E-state index is 0. The molecule has 0 aliphatic heterocycles. The van der Waals surface area contributed by atoms with Crippen LogP contribution in [0, 0.1) is 44.5 Å². The zero-order chi connectivity index (χ0) is 69.8. The summed E-state index contributed by atoms with van der Waals surface area (Å²) >= 11 is 6.79. The summed E-state index contributed by atoms with van der Waals surface area (Å²) in [5.74, 6) is 14.1. The molecule has 11 aromatic rings. The molecule has 8 nitrogen and oxygen atoms in total. The van der Waals surface area contributed by atoms with E-state index in [0.717, 1.165) is 53.3 Å². The molecule has 4 N–H and O–H groups in total. The number of halogens is 2. The predicted octanol–water partition coefficient (Wildman–Crippen LogP) is 12.0. The molecule has 11 rings (SSSR count). The van der Waals surface area contributed by atoms with Crippen LogP contribution in [0.15, 0.2) is 306 Å². The molecule has 0 aliphatic carbocycles. The molecule has 0 radical (unpaired) electrons. The minimum atomic E-state index is -1.37. The fourth-order valence-electron chi connectivity index (χ4n) is 8.36. The van der Waals surface area contributed by atoms with Gasteiger partial charge in [-0.15, -0.1) is 0 Å². The standard InChI is InChI=1S/C32H26.C24H22P4.C14H8Br2.C9H11BO2.C4H10O2.CH2O3.2Na.H2O.Pd.H/c1-25-3-7-27(8-4-25)11-13-29-15-19-31(20-16-29)23-24-32-21-17-30(18-22-32)14-12-28-9-5-26(2)6-10-28;1-5-13-21(14-6-1)25-27(23-17-9-3-10-18-23)28(24-19-11-4-12-20-24)26-22-15-7-2-8-16-22;15-13-7-3-11(4-8-13)1-2-12-5-9-14(16)10-6-12;1-8-2-4-9(5-3-8)6-7-10(11)12;1-5-3-4-6-2;2-1-4-3;;;;;/h3-22H,1-2H3;1-20,25-26H;3-10H;2-7,11-12H,1H3;3-4H2,1-2H3;1,3H;;;1H2;;/q;;;;;;2*+1;;;-1/p-1/b13-11+,14-12+;;;7-6+;;;;;;;. The Morgan fingerprint density at radius 3 is 0.892 bits per heavy atom. The van der Waals surface area contributed by atoms with E-state index in [1.54, 1.807) is 20.3 Å². The minimum Gasteiger partial charge on any atom is -1.00 e. The van der Waals surface area contributed by atoms with Crippen molar-refractivity contribution in [2.75, 3.05) is 27.4 Å². The Morgan fingerprint density at radius 2 is 0.647 bits per heavy atom. The summed E-state index contributed by atoms with van der Waals surface area (Å²) < 4.78 is 11.5.